The van der Waals surface area contributed by atoms with Gasteiger partial charge in [-0.1, -0.05) is 74.4 Å². The number of aryl methyl sites for hydroxylation is 1. The Morgan fingerprint density at radius 3 is 2.55 bits per heavy atom. The molecule has 1 saturated heterocycles. The van der Waals surface area contributed by atoms with Gasteiger partial charge in [-0.15, -0.1) is 0 Å². The number of carbonyl (C=O) groups is 1. The molecule has 1 aromatic rings. The summed E-state index contributed by atoms with van der Waals surface area (Å²) in [6, 6.07) is 8.70. The number of thiocarbonyl (C=S) groups is 1. The minimum Gasteiger partial charge on any atom is -0.290 e. The van der Waals surface area contributed by atoms with Gasteiger partial charge in [-0.25, -0.2) is 0 Å². The molecular formula is C18H21NOS2. The summed E-state index contributed by atoms with van der Waals surface area (Å²) >= 11 is 6.91. The van der Waals surface area contributed by atoms with Crippen LogP contribution in [0.3, 0.4) is 0 Å². The van der Waals surface area contributed by atoms with E-state index in [1.165, 1.54) is 36.6 Å². The fourth-order valence-electron chi connectivity index (χ4n) is 3.13. The first-order chi connectivity index (χ1) is 10.7. The zero-order chi connectivity index (χ0) is 15.5. The molecule has 0 bridgehead atoms. The molecule has 116 valence electrons. The van der Waals surface area contributed by atoms with Gasteiger partial charge in [-0.3, -0.25) is 9.69 Å². The minimum atomic E-state index is 0.0986. The number of benzene rings is 1. The average Bonchev–Trinajstić information content (AvgIpc) is 2.83. The predicted molar refractivity (Wildman–Crippen MR) is 97.7 cm³/mol. The Hall–Kier alpha value is -1.13. The Morgan fingerprint density at radius 1 is 1.23 bits per heavy atom. The largest absolute Gasteiger partial charge is 0.290 e. The third-order valence-corrected chi connectivity index (χ3v) is 5.78. The van der Waals surface area contributed by atoms with E-state index in [2.05, 4.69) is 31.2 Å². The molecule has 2 aliphatic rings. The van der Waals surface area contributed by atoms with Gasteiger partial charge in [-0.05, 0) is 36.5 Å². The van der Waals surface area contributed by atoms with Gasteiger partial charge in [-0.2, -0.15) is 0 Å². The van der Waals surface area contributed by atoms with Crippen molar-refractivity contribution in [2.45, 2.75) is 51.5 Å². The second-order valence-corrected chi connectivity index (χ2v) is 7.61. The van der Waals surface area contributed by atoms with Gasteiger partial charge in [0, 0.05) is 6.04 Å². The average molecular weight is 332 g/mol. The quantitative estimate of drug-likeness (QED) is 0.587. The van der Waals surface area contributed by atoms with E-state index >= 15 is 0 Å². The molecule has 3 rings (SSSR count). The summed E-state index contributed by atoms with van der Waals surface area (Å²) in [5.74, 6) is 0.0986. The van der Waals surface area contributed by atoms with Crippen LogP contribution in [0.15, 0.2) is 29.2 Å². The lowest BCUT2D eigenvalue weighted by Crippen LogP contribution is -2.39. The van der Waals surface area contributed by atoms with Crippen LogP contribution in [-0.4, -0.2) is 21.2 Å². The number of hydrogen-bond acceptors (Lipinski definition) is 3. The molecular weight excluding hydrogens is 310 g/mol. The van der Waals surface area contributed by atoms with Gasteiger partial charge >= 0.3 is 0 Å². The molecule has 1 aliphatic heterocycles. The van der Waals surface area contributed by atoms with Crippen LogP contribution < -0.4 is 0 Å². The zero-order valence-electron chi connectivity index (χ0n) is 12.9. The van der Waals surface area contributed by atoms with E-state index in [0.29, 0.717) is 6.04 Å². The lowest BCUT2D eigenvalue weighted by atomic mass is 9.94. The lowest BCUT2D eigenvalue weighted by molar-refractivity contribution is -0.124. The van der Waals surface area contributed by atoms with Gasteiger partial charge in [0.1, 0.15) is 4.32 Å². The molecule has 4 heteroatoms. The molecule has 1 amide bonds. The van der Waals surface area contributed by atoms with Crippen LogP contribution in [0.25, 0.3) is 6.08 Å². The van der Waals surface area contributed by atoms with Crippen molar-refractivity contribution in [2.24, 2.45) is 0 Å². The van der Waals surface area contributed by atoms with Crippen molar-refractivity contribution in [3.05, 3.63) is 40.3 Å². The standard InChI is InChI=1S/C18H21NOS2/c1-2-13-8-10-14(11-9-13)12-16-17(20)19(18(21)22-16)15-6-4-3-5-7-15/h8-12,15H,2-7H2,1H3/b16-12-. The Labute approximate surface area is 142 Å². The van der Waals surface area contributed by atoms with E-state index in [1.807, 2.05) is 11.0 Å². The highest BCUT2D eigenvalue weighted by molar-refractivity contribution is 8.26. The second kappa shape index (κ2) is 6.97. The Kier molecular flexibility index (Phi) is 4.99. The Balaban J connectivity index is 1.78. The van der Waals surface area contributed by atoms with Crippen LogP contribution in [0.1, 0.15) is 50.2 Å². The van der Waals surface area contributed by atoms with Gasteiger partial charge < -0.3 is 0 Å². The monoisotopic (exact) mass is 331 g/mol. The van der Waals surface area contributed by atoms with Crippen molar-refractivity contribution in [2.75, 3.05) is 0 Å². The highest BCUT2D eigenvalue weighted by atomic mass is 32.2. The highest BCUT2D eigenvalue weighted by Crippen LogP contribution is 2.37. The van der Waals surface area contributed by atoms with Gasteiger partial charge in [0.15, 0.2) is 0 Å². The number of carbonyl (C=O) groups excluding carboxylic acids is 1. The van der Waals surface area contributed by atoms with Crippen LogP contribution in [0.5, 0.6) is 0 Å². The first-order valence-corrected chi connectivity index (χ1v) is 9.27. The van der Waals surface area contributed by atoms with Crippen molar-refractivity contribution in [3.8, 4) is 0 Å². The Bertz CT molecular complexity index is 600. The lowest BCUT2D eigenvalue weighted by Gasteiger charge is -2.29. The Morgan fingerprint density at radius 2 is 1.91 bits per heavy atom. The molecule has 1 heterocycles. The molecule has 0 radical (unpaired) electrons. The zero-order valence-corrected chi connectivity index (χ0v) is 14.5. The summed E-state index contributed by atoms with van der Waals surface area (Å²) in [5, 5.41) is 0. The first-order valence-electron chi connectivity index (χ1n) is 8.05. The summed E-state index contributed by atoms with van der Waals surface area (Å²) < 4.78 is 0.730. The van der Waals surface area contributed by atoms with Crippen molar-refractivity contribution in [1.82, 2.24) is 4.90 Å². The highest BCUT2D eigenvalue weighted by Gasteiger charge is 2.37. The molecule has 0 aromatic heterocycles. The SMILES string of the molecule is CCc1ccc(/C=C2\SC(=S)N(C3CCCCC3)C2=O)cc1. The van der Waals surface area contributed by atoms with E-state index in [1.54, 1.807) is 0 Å². The fourth-order valence-corrected chi connectivity index (χ4v) is 4.54. The molecule has 2 fully saturated rings. The molecule has 1 aliphatic carbocycles. The number of thioether (sulfide) groups is 1. The van der Waals surface area contributed by atoms with E-state index < -0.39 is 0 Å². The molecule has 0 atom stereocenters. The number of hydrogen-bond donors (Lipinski definition) is 0. The smallest absolute Gasteiger partial charge is 0.266 e. The van der Waals surface area contributed by atoms with E-state index in [-0.39, 0.29) is 5.91 Å². The van der Waals surface area contributed by atoms with E-state index in [9.17, 15) is 4.79 Å². The third-order valence-electron chi connectivity index (χ3n) is 4.45. The molecule has 2 nitrogen and oxygen atoms in total. The normalized spacial score (nSPS) is 21.9. The predicted octanol–water partition coefficient (Wildman–Crippen LogP) is 4.78. The summed E-state index contributed by atoms with van der Waals surface area (Å²) in [5.41, 5.74) is 2.38. The molecule has 0 N–H and O–H groups in total. The fraction of sp³-hybridized carbons (Fsp3) is 0.444. The molecule has 0 unspecified atom stereocenters. The number of amides is 1. The topological polar surface area (TPSA) is 20.3 Å². The molecule has 0 spiro atoms. The number of rotatable bonds is 3. The van der Waals surface area contributed by atoms with Crippen molar-refractivity contribution in [1.29, 1.82) is 0 Å². The van der Waals surface area contributed by atoms with Crippen LogP contribution >= 0.6 is 24.0 Å². The van der Waals surface area contributed by atoms with Crippen molar-refractivity contribution >= 4 is 40.3 Å². The van der Waals surface area contributed by atoms with Crippen molar-refractivity contribution < 1.29 is 4.79 Å². The summed E-state index contributed by atoms with van der Waals surface area (Å²) in [7, 11) is 0. The second-order valence-electron chi connectivity index (χ2n) is 5.94. The molecule has 22 heavy (non-hydrogen) atoms. The van der Waals surface area contributed by atoms with Crippen molar-refractivity contribution in [3.63, 3.8) is 0 Å². The van der Waals surface area contributed by atoms with E-state index in [0.717, 1.165) is 34.1 Å². The van der Waals surface area contributed by atoms with Gasteiger partial charge in [0.25, 0.3) is 5.91 Å². The molecule has 1 saturated carbocycles. The summed E-state index contributed by atoms with van der Waals surface area (Å²) in [6.45, 7) is 2.14. The summed E-state index contributed by atoms with van der Waals surface area (Å²) in [6.07, 6.45) is 8.88. The molecule has 1 aromatic carbocycles. The van der Waals surface area contributed by atoms with Crippen LogP contribution in [0, 0.1) is 0 Å². The van der Waals surface area contributed by atoms with Crippen LogP contribution in [0.4, 0.5) is 0 Å². The summed E-state index contributed by atoms with van der Waals surface area (Å²) in [4.78, 5) is 15.3. The maximum atomic E-state index is 12.7. The first kappa shape index (κ1) is 15.8. The van der Waals surface area contributed by atoms with Gasteiger partial charge in [0.2, 0.25) is 0 Å². The third kappa shape index (κ3) is 3.28. The van der Waals surface area contributed by atoms with Crippen LogP contribution in [-0.2, 0) is 11.2 Å². The van der Waals surface area contributed by atoms with Crippen LogP contribution in [0.2, 0.25) is 0 Å². The van der Waals surface area contributed by atoms with Gasteiger partial charge in [0.05, 0.1) is 4.91 Å². The number of nitrogens with zero attached hydrogens (tertiary/aromatic N) is 1. The van der Waals surface area contributed by atoms with E-state index in [4.69, 9.17) is 12.2 Å². The maximum Gasteiger partial charge on any atom is 0.266 e. The minimum absolute atomic E-state index is 0.0986. The maximum absolute atomic E-state index is 12.7.